The number of fused-ring (bicyclic) bond motifs is 1. The molecule has 0 saturated carbocycles. The molecule has 5 heteroatoms. The Labute approximate surface area is 135 Å². The van der Waals surface area contributed by atoms with Crippen LogP contribution in [0, 0.1) is 11.5 Å². The molecule has 3 heterocycles. The Balaban J connectivity index is 1.64. The van der Waals surface area contributed by atoms with Gasteiger partial charge in [0.25, 0.3) is 0 Å². The second-order valence-electron chi connectivity index (χ2n) is 5.92. The van der Waals surface area contributed by atoms with E-state index in [1.54, 1.807) is 4.90 Å². The Morgan fingerprint density at radius 3 is 2.78 bits per heavy atom. The lowest BCUT2D eigenvalue weighted by Gasteiger charge is -2.37. The van der Waals surface area contributed by atoms with Crippen molar-refractivity contribution in [2.24, 2.45) is 0 Å². The van der Waals surface area contributed by atoms with Crippen LogP contribution in [0.25, 0.3) is 11.3 Å². The van der Waals surface area contributed by atoms with Gasteiger partial charge in [0, 0.05) is 12.1 Å². The zero-order valence-electron chi connectivity index (χ0n) is 12.8. The molecule has 1 aromatic carbocycles. The van der Waals surface area contributed by atoms with Crippen molar-refractivity contribution in [3.63, 3.8) is 0 Å². The van der Waals surface area contributed by atoms with E-state index in [1.165, 1.54) is 0 Å². The predicted molar refractivity (Wildman–Crippen MR) is 87.7 cm³/mol. The third-order valence-electron chi connectivity index (χ3n) is 4.54. The van der Waals surface area contributed by atoms with Crippen molar-refractivity contribution < 1.29 is 4.74 Å². The number of anilines is 1. The summed E-state index contributed by atoms with van der Waals surface area (Å²) in [6, 6.07) is 16.5. The molecule has 1 aromatic heterocycles. The van der Waals surface area contributed by atoms with Crippen LogP contribution < -0.4 is 4.90 Å². The van der Waals surface area contributed by atoms with Crippen molar-refractivity contribution in [2.75, 3.05) is 31.1 Å². The monoisotopic (exact) mass is 306 g/mol. The van der Waals surface area contributed by atoms with E-state index < -0.39 is 0 Å². The molecule has 23 heavy (non-hydrogen) atoms. The Morgan fingerprint density at radius 2 is 1.96 bits per heavy atom. The highest BCUT2D eigenvalue weighted by Gasteiger charge is 2.40. The summed E-state index contributed by atoms with van der Waals surface area (Å²) in [6.45, 7) is 2.87. The van der Waals surface area contributed by atoms with Gasteiger partial charge in [-0.3, -0.25) is 0 Å². The number of hydrogen-bond acceptors (Lipinski definition) is 5. The summed E-state index contributed by atoms with van der Waals surface area (Å²) in [7, 11) is 0. The van der Waals surface area contributed by atoms with Crippen LogP contribution in [-0.4, -0.2) is 48.3 Å². The quantitative estimate of drug-likeness (QED) is 0.796. The maximum absolute atomic E-state index is 9.15. The van der Waals surface area contributed by atoms with Gasteiger partial charge in [0.05, 0.1) is 37.5 Å². The van der Waals surface area contributed by atoms with Crippen LogP contribution in [0.3, 0.4) is 0 Å². The number of aromatic nitrogens is 1. The number of benzene rings is 1. The van der Waals surface area contributed by atoms with Gasteiger partial charge in [-0.2, -0.15) is 5.26 Å². The van der Waals surface area contributed by atoms with Crippen LogP contribution in [0.2, 0.25) is 0 Å². The number of morpholine rings is 1. The van der Waals surface area contributed by atoms with Crippen LogP contribution >= 0.6 is 0 Å². The topological polar surface area (TPSA) is 52.4 Å². The molecule has 0 N–H and O–H groups in total. The summed E-state index contributed by atoms with van der Waals surface area (Å²) >= 11 is 0. The normalized spacial score (nSPS) is 23.4. The molecule has 116 valence electrons. The van der Waals surface area contributed by atoms with Gasteiger partial charge in [0.1, 0.15) is 5.82 Å². The molecule has 2 aliphatic heterocycles. The van der Waals surface area contributed by atoms with Crippen LogP contribution in [-0.2, 0) is 4.74 Å². The van der Waals surface area contributed by atoms with E-state index in [-0.39, 0.29) is 12.1 Å². The first-order valence-electron chi connectivity index (χ1n) is 7.90. The number of ether oxygens (including phenoxy) is 1. The fourth-order valence-corrected chi connectivity index (χ4v) is 3.41. The summed E-state index contributed by atoms with van der Waals surface area (Å²) in [5, 5.41) is 9.15. The van der Waals surface area contributed by atoms with Crippen molar-refractivity contribution in [1.29, 1.82) is 5.26 Å². The molecule has 0 aliphatic carbocycles. The van der Waals surface area contributed by atoms with Gasteiger partial charge < -0.3 is 14.5 Å². The third-order valence-corrected chi connectivity index (χ3v) is 4.54. The number of rotatable bonds is 2. The molecule has 2 fully saturated rings. The van der Waals surface area contributed by atoms with Crippen molar-refractivity contribution in [3.05, 3.63) is 48.5 Å². The van der Waals surface area contributed by atoms with Gasteiger partial charge in [-0.15, -0.1) is 0 Å². The fourth-order valence-electron chi connectivity index (χ4n) is 3.41. The summed E-state index contributed by atoms with van der Waals surface area (Å²) in [4.78, 5) is 8.91. The lowest BCUT2D eigenvalue weighted by Crippen LogP contribution is -2.51. The average molecular weight is 306 g/mol. The molecule has 2 atom stereocenters. The first-order valence-corrected chi connectivity index (χ1v) is 7.90. The summed E-state index contributed by atoms with van der Waals surface area (Å²) in [5.74, 6) is 0.962. The molecule has 2 saturated heterocycles. The van der Waals surface area contributed by atoms with Gasteiger partial charge in [0.2, 0.25) is 0 Å². The lowest BCUT2D eigenvalue weighted by atomic mass is 10.1. The molecular weight excluding hydrogens is 288 g/mol. The minimum atomic E-state index is 0.0885. The first kappa shape index (κ1) is 14.0. The largest absolute Gasteiger partial charge is 0.372 e. The van der Waals surface area contributed by atoms with Crippen LogP contribution in [0.4, 0.5) is 5.82 Å². The SMILES string of the molecule is N#CN1C[C@H]2OCCN(c3cccc(-c4ccccc4)n3)[C@H]2C1. The van der Waals surface area contributed by atoms with E-state index in [0.29, 0.717) is 19.7 Å². The fraction of sp³-hybridized carbons (Fsp3) is 0.333. The maximum Gasteiger partial charge on any atom is 0.179 e. The minimum Gasteiger partial charge on any atom is -0.372 e. The molecule has 0 unspecified atom stereocenters. The summed E-state index contributed by atoms with van der Waals surface area (Å²) in [6.07, 6.45) is 2.32. The molecule has 0 amide bonds. The summed E-state index contributed by atoms with van der Waals surface area (Å²) in [5.41, 5.74) is 2.09. The molecule has 4 rings (SSSR count). The van der Waals surface area contributed by atoms with Gasteiger partial charge in [-0.25, -0.2) is 4.98 Å². The van der Waals surface area contributed by atoms with Crippen LogP contribution in [0.1, 0.15) is 0 Å². The Kier molecular flexibility index (Phi) is 3.60. The maximum atomic E-state index is 9.15. The van der Waals surface area contributed by atoms with E-state index in [0.717, 1.165) is 23.6 Å². The zero-order chi connectivity index (χ0) is 15.6. The lowest BCUT2D eigenvalue weighted by molar-refractivity contribution is 0.0323. The molecule has 0 radical (unpaired) electrons. The molecule has 2 aromatic rings. The van der Waals surface area contributed by atoms with Crippen LogP contribution in [0.5, 0.6) is 0 Å². The predicted octanol–water partition coefficient (Wildman–Crippen LogP) is 2.12. The standard InChI is InChI=1S/C18H18N4O/c19-13-21-11-16-17(12-21)23-10-9-22(16)18-8-4-7-15(20-18)14-5-2-1-3-6-14/h1-8,16-17H,9-12H2/t16-,17+/m0/s1. The highest BCUT2D eigenvalue weighted by atomic mass is 16.5. The van der Waals surface area contributed by atoms with E-state index in [2.05, 4.69) is 23.2 Å². The van der Waals surface area contributed by atoms with Gasteiger partial charge in [-0.05, 0) is 12.1 Å². The van der Waals surface area contributed by atoms with Crippen LogP contribution in [0.15, 0.2) is 48.5 Å². The Hall–Kier alpha value is -2.58. The highest BCUT2D eigenvalue weighted by Crippen LogP contribution is 2.28. The highest BCUT2D eigenvalue weighted by molar-refractivity contribution is 5.61. The van der Waals surface area contributed by atoms with Crippen molar-refractivity contribution >= 4 is 5.82 Å². The second-order valence-corrected chi connectivity index (χ2v) is 5.92. The molecule has 2 aliphatic rings. The Bertz CT molecular complexity index is 727. The average Bonchev–Trinajstić information content (AvgIpc) is 3.06. The molecular formula is C18H18N4O. The number of nitriles is 1. The number of likely N-dealkylation sites (tertiary alicyclic amines) is 1. The second kappa shape index (κ2) is 5.90. The number of pyridine rings is 1. The van der Waals surface area contributed by atoms with Crippen molar-refractivity contribution in [2.45, 2.75) is 12.1 Å². The zero-order valence-corrected chi connectivity index (χ0v) is 12.8. The van der Waals surface area contributed by atoms with E-state index in [1.807, 2.05) is 36.4 Å². The van der Waals surface area contributed by atoms with Gasteiger partial charge >= 0.3 is 0 Å². The van der Waals surface area contributed by atoms with E-state index in [4.69, 9.17) is 15.0 Å². The number of nitrogens with zero attached hydrogens (tertiary/aromatic N) is 4. The summed E-state index contributed by atoms with van der Waals surface area (Å²) < 4.78 is 5.84. The Morgan fingerprint density at radius 1 is 1.09 bits per heavy atom. The number of hydrogen-bond donors (Lipinski definition) is 0. The molecule has 5 nitrogen and oxygen atoms in total. The van der Waals surface area contributed by atoms with Gasteiger partial charge in [0.15, 0.2) is 6.19 Å². The molecule has 0 bridgehead atoms. The molecule has 0 spiro atoms. The minimum absolute atomic E-state index is 0.0885. The first-order chi connectivity index (χ1) is 11.3. The van der Waals surface area contributed by atoms with Gasteiger partial charge in [-0.1, -0.05) is 36.4 Å². The van der Waals surface area contributed by atoms with E-state index >= 15 is 0 Å². The van der Waals surface area contributed by atoms with Crippen molar-refractivity contribution in [3.8, 4) is 17.5 Å². The third kappa shape index (κ3) is 2.62. The van der Waals surface area contributed by atoms with E-state index in [9.17, 15) is 0 Å². The van der Waals surface area contributed by atoms with Crippen molar-refractivity contribution in [1.82, 2.24) is 9.88 Å². The smallest absolute Gasteiger partial charge is 0.179 e.